The predicted molar refractivity (Wildman–Crippen MR) is 124 cm³/mol. The average Bonchev–Trinajstić information content (AvgIpc) is 3.00. The quantitative estimate of drug-likeness (QED) is 0.557. The molecule has 0 bridgehead atoms. The molecule has 1 aliphatic rings. The number of carbonyl (C=O) groups excluding carboxylic acids is 1. The van der Waals surface area contributed by atoms with Crippen LogP contribution in [0.3, 0.4) is 0 Å². The van der Waals surface area contributed by atoms with Crippen molar-refractivity contribution in [1.82, 2.24) is 24.0 Å². The topological polar surface area (TPSA) is 91.3 Å². The number of hydrogen-bond donors (Lipinski definition) is 1. The van der Waals surface area contributed by atoms with E-state index < -0.39 is 15.8 Å². The smallest absolute Gasteiger partial charge is 0.243 e. The van der Waals surface area contributed by atoms with Crippen LogP contribution in [0.15, 0.2) is 53.4 Å². The van der Waals surface area contributed by atoms with E-state index in [1.54, 1.807) is 9.47 Å². The number of nitrogens with one attached hydrogen (secondary N) is 1. The Bertz CT molecular complexity index is 1300. The van der Waals surface area contributed by atoms with Crippen LogP contribution in [0.4, 0.5) is 4.39 Å². The maximum atomic E-state index is 13.2. The average molecular weight is 490 g/mol. The first-order valence-electron chi connectivity index (χ1n) is 10.5. The zero-order valence-electron chi connectivity index (χ0n) is 18.1. The fraction of sp³-hybridized carbons (Fsp3) is 0.318. The minimum atomic E-state index is -3.76. The molecular formula is C22H24FN5O3S2. The lowest BCUT2D eigenvalue weighted by molar-refractivity contribution is -0.131. The molecule has 1 amide bonds. The van der Waals surface area contributed by atoms with E-state index >= 15 is 0 Å². The van der Waals surface area contributed by atoms with Gasteiger partial charge in [-0.25, -0.2) is 12.8 Å². The van der Waals surface area contributed by atoms with Gasteiger partial charge < -0.3 is 4.90 Å². The Kier molecular flexibility index (Phi) is 6.73. The molecule has 1 saturated heterocycles. The monoisotopic (exact) mass is 489 g/mol. The molecule has 0 unspecified atom stereocenters. The second kappa shape index (κ2) is 9.54. The first-order valence-corrected chi connectivity index (χ1v) is 12.4. The summed E-state index contributed by atoms with van der Waals surface area (Å²) in [6, 6.07) is 12.5. The van der Waals surface area contributed by atoms with Gasteiger partial charge in [0, 0.05) is 31.7 Å². The van der Waals surface area contributed by atoms with Crippen molar-refractivity contribution in [2.24, 2.45) is 0 Å². The molecule has 8 nitrogen and oxygen atoms in total. The first kappa shape index (κ1) is 23.3. The number of benzene rings is 2. The van der Waals surface area contributed by atoms with Crippen LogP contribution in [0.25, 0.3) is 11.4 Å². The number of amides is 1. The zero-order valence-corrected chi connectivity index (χ0v) is 19.7. The highest BCUT2D eigenvalue weighted by molar-refractivity contribution is 7.89. The minimum Gasteiger partial charge on any atom is -0.340 e. The Labute approximate surface area is 196 Å². The molecule has 0 saturated carbocycles. The summed E-state index contributed by atoms with van der Waals surface area (Å²) in [6.45, 7) is 3.12. The third-order valence-corrected chi connectivity index (χ3v) is 7.84. The van der Waals surface area contributed by atoms with Crippen LogP contribution in [-0.4, -0.2) is 64.5 Å². The fourth-order valence-electron chi connectivity index (χ4n) is 3.76. The highest BCUT2D eigenvalue weighted by Crippen LogP contribution is 2.20. The number of hydrogen-bond acceptors (Lipinski definition) is 5. The van der Waals surface area contributed by atoms with Crippen molar-refractivity contribution >= 4 is 28.1 Å². The Hall–Kier alpha value is -2.89. The molecule has 2 heterocycles. The van der Waals surface area contributed by atoms with Gasteiger partial charge in [0.05, 0.1) is 4.90 Å². The molecule has 1 N–H and O–H groups in total. The minimum absolute atomic E-state index is 0.00323. The SMILES string of the molecule is Cc1ccc(-c2n[nH]c(=S)n2CC(=O)N2CCCN(S(=O)(=O)c3ccc(F)cc3)CC2)cc1. The molecule has 3 aromatic rings. The second-order valence-electron chi connectivity index (χ2n) is 7.90. The van der Waals surface area contributed by atoms with Gasteiger partial charge in [-0.2, -0.15) is 9.40 Å². The Morgan fingerprint density at radius 3 is 2.45 bits per heavy atom. The van der Waals surface area contributed by atoms with E-state index in [1.165, 1.54) is 16.4 Å². The van der Waals surface area contributed by atoms with Gasteiger partial charge in [0.15, 0.2) is 10.6 Å². The van der Waals surface area contributed by atoms with Crippen molar-refractivity contribution in [2.75, 3.05) is 26.2 Å². The van der Waals surface area contributed by atoms with Crippen molar-refractivity contribution in [2.45, 2.75) is 24.8 Å². The molecule has 1 aromatic heterocycles. The number of carbonyl (C=O) groups is 1. The molecule has 4 rings (SSSR count). The number of rotatable bonds is 5. The number of nitrogens with zero attached hydrogens (tertiary/aromatic N) is 4. The Morgan fingerprint density at radius 2 is 1.76 bits per heavy atom. The van der Waals surface area contributed by atoms with Crippen LogP contribution in [0, 0.1) is 17.5 Å². The third-order valence-electron chi connectivity index (χ3n) is 5.62. The van der Waals surface area contributed by atoms with E-state index in [9.17, 15) is 17.6 Å². The number of aryl methyl sites for hydroxylation is 1. The van der Waals surface area contributed by atoms with Crippen LogP contribution >= 0.6 is 12.2 Å². The van der Waals surface area contributed by atoms with Gasteiger partial charge in [-0.3, -0.25) is 14.5 Å². The summed E-state index contributed by atoms with van der Waals surface area (Å²) in [4.78, 5) is 14.8. The summed E-state index contributed by atoms with van der Waals surface area (Å²) >= 11 is 5.34. The predicted octanol–water partition coefficient (Wildman–Crippen LogP) is 2.98. The summed E-state index contributed by atoms with van der Waals surface area (Å²) in [5.41, 5.74) is 1.95. The maximum Gasteiger partial charge on any atom is 0.243 e. The van der Waals surface area contributed by atoms with Gasteiger partial charge in [0.25, 0.3) is 0 Å². The Morgan fingerprint density at radius 1 is 1.06 bits per heavy atom. The molecule has 1 fully saturated rings. The van der Waals surface area contributed by atoms with Gasteiger partial charge in [0.2, 0.25) is 15.9 Å². The summed E-state index contributed by atoms with van der Waals surface area (Å²) in [5, 5.41) is 7.03. The second-order valence-corrected chi connectivity index (χ2v) is 10.2. The number of aromatic amines is 1. The van der Waals surface area contributed by atoms with Gasteiger partial charge in [-0.05, 0) is 49.8 Å². The van der Waals surface area contributed by atoms with Crippen LogP contribution in [0.1, 0.15) is 12.0 Å². The van der Waals surface area contributed by atoms with Crippen LogP contribution in [-0.2, 0) is 21.4 Å². The van der Waals surface area contributed by atoms with E-state index in [0.717, 1.165) is 23.3 Å². The summed E-state index contributed by atoms with van der Waals surface area (Å²) in [5.74, 6) is -0.0879. The van der Waals surface area contributed by atoms with E-state index in [1.807, 2.05) is 31.2 Å². The zero-order chi connectivity index (χ0) is 23.6. The van der Waals surface area contributed by atoms with Crippen LogP contribution in [0.5, 0.6) is 0 Å². The highest BCUT2D eigenvalue weighted by atomic mass is 32.2. The fourth-order valence-corrected chi connectivity index (χ4v) is 5.43. The summed E-state index contributed by atoms with van der Waals surface area (Å²) in [7, 11) is -3.76. The molecule has 174 valence electrons. The molecule has 1 aliphatic heterocycles. The normalized spacial score (nSPS) is 15.4. The van der Waals surface area contributed by atoms with Gasteiger partial charge in [-0.1, -0.05) is 29.8 Å². The molecule has 11 heteroatoms. The summed E-state index contributed by atoms with van der Waals surface area (Å²) in [6.07, 6.45) is 0.494. The number of H-pyrrole nitrogens is 1. The molecule has 0 radical (unpaired) electrons. The van der Waals surface area contributed by atoms with Crippen LogP contribution < -0.4 is 0 Å². The number of aromatic nitrogens is 3. The van der Waals surface area contributed by atoms with E-state index in [4.69, 9.17) is 12.2 Å². The molecular weight excluding hydrogens is 465 g/mol. The largest absolute Gasteiger partial charge is 0.340 e. The molecule has 0 spiro atoms. The lowest BCUT2D eigenvalue weighted by Gasteiger charge is -2.22. The molecule has 0 aliphatic carbocycles. The molecule has 0 atom stereocenters. The van der Waals surface area contributed by atoms with E-state index in [0.29, 0.717) is 23.6 Å². The van der Waals surface area contributed by atoms with Crippen molar-refractivity contribution in [3.05, 3.63) is 64.7 Å². The first-order chi connectivity index (χ1) is 15.8. The Balaban J connectivity index is 1.47. The van der Waals surface area contributed by atoms with E-state index in [-0.39, 0.29) is 37.0 Å². The standard InChI is InChI=1S/C22H24FN5O3S2/c1-16-3-5-17(6-4-16)21-24-25-22(32)28(21)15-20(29)26-11-2-12-27(14-13-26)33(30,31)19-9-7-18(23)8-10-19/h3-10H,2,11-15H2,1H3,(H,25,32). The molecule has 33 heavy (non-hydrogen) atoms. The highest BCUT2D eigenvalue weighted by Gasteiger charge is 2.28. The number of halogens is 1. The van der Waals surface area contributed by atoms with Gasteiger partial charge in [-0.15, -0.1) is 0 Å². The van der Waals surface area contributed by atoms with Crippen molar-refractivity contribution in [1.29, 1.82) is 0 Å². The third kappa shape index (κ3) is 5.05. The van der Waals surface area contributed by atoms with Crippen molar-refractivity contribution in [3.8, 4) is 11.4 Å². The van der Waals surface area contributed by atoms with Crippen LogP contribution in [0.2, 0.25) is 0 Å². The van der Waals surface area contributed by atoms with E-state index in [2.05, 4.69) is 10.2 Å². The maximum absolute atomic E-state index is 13.2. The van der Waals surface area contributed by atoms with Gasteiger partial charge >= 0.3 is 0 Å². The van der Waals surface area contributed by atoms with Crippen molar-refractivity contribution in [3.63, 3.8) is 0 Å². The van der Waals surface area contributed by atoms with Crippen molar-refractivity contribution < 1.29 is 17.6 Å². The number of sulfonamides is 1. The summed E-state index contributed by atoms with van der Waals surface area (Å²) < 4.78 is 42.4. The lowest BCUT2D eigenvalue weighted by atomic mass is 10.1. The lowest BCUT2D eigenvalue weighted by Crippen LogP contribution is -2.38. The van der Waals surface area contributed by atoms with Gasteiger partial charge in [0.1, 0.15) is 12.4 Å². The molecule has 2 aromatic carbocycles.